The molecule has 21 heavy (non-hydrogen) atoms. The Balaban J connectivity index is 1.93. The van der Waals surface area contributed by atoms with Gasteiger partial charge in [0.2, 0.25) is 2.88 Å². The number of pyridine rings is 1. The largest absolute Gasteiger partial charge is 0.392 e. The zero-order valence-electron chi connectivity index (χ0n) is 11.1. The van der Waals surface area contributed by atoms with E-state index in [0.29, 0.717) is 0 Å². The highest BCUT2D eigenvalue weighted by Crippen LogP contribution is 2.18. The van der Waals surface area contributed by atoms with E-state index in [1.165, 1.54) is 12.1 Å². The highest BCUT2D eigenvalue weighted by molar-refractivity contribution is 7.07. The molecule has 3 heterocycles. The summed E-state index contributed by atoms with van der Waals surface area (Å²) in [7, 11) is 0. The summed E-state index contributed by atoms with van der Waals surface area (Å²) >= 11 is 1.61. The molecular formula is C17H12IN2S+. The average Bonchev–Trinajstić information content (AvgIpc) is 3.17. The van der Waals surface area contributed by atoms with Gasteiger partial charge in [-0.3, -0.25) is 4.40 Å². The normalized spacial score (nSPS) is 11.0. The molecule has 0 spiro atoms. The number of hydrogen-bond acceptors (Lipinski definition) is 2. The third kappa shape index (κ3) is 2.49. The van der Waals surface area contributed by atoms with Gasteiger partial charge in [0.25, 0.3) is 3.70 Å². The number of aromatic nitrogens is 2. The fraction of sp³-hybridized carbons (Fsp3) is 0. The van der Waals surface area contributed by atoms with E-state index in [1.807, 2.05) is 23.5 Å². The Labute approximate surface area is 137 Å². The minimum absolute atomic E-state index is 0.227. The zero-order valence-corrected chi connectivity index (χ0v) is 14.1. The van der Waals surface area contributed by atoms with E-state index in [4.69, 9.17) is 4.98 Å². The molecule has 0 atom stereocenters. The zero-order chi connectivity index (χ0) is 14.1. The first-order chi connectivity index (χ1) is 10.4. The lowest BCUT2D eigenvalue weighted by Crippen LogP contribution is -3.61. The summed E-state index contributed by atoms with van der Waals surface area (Å²) in [5.74, 6) is 0. The van der Waals surface area contributed by atoms with Gasteiger partial charge in [-0.25, -0.2) is 4.98 Å². The molecule has 0 bridgehead atoms. The number of benzene rings is 1. The Bertz CT molecular complexity index is 866. The third-order valence-corrected chi connectivity index (χ3v) is 7.56. The minimum Gasteiger partial charge on any atom is -0.261 e. The van der Waals surface area contributed by atoms with Crippen LogP contribution in [0.4, 0.5) is 0 Å². The van der Waals surface area contributed by atoms with Crippen molar-refractivity contribution in [2.45, 2.75) is 0 Å². The Hall–Kier alpha value is -1.66. The molecule has 3 aromatic heterocycles. The van der Waals surface area contributed by atoms with Crippen LogP contribution < -0.4 is 21.2 Å². The summed E-state index contributed by atoms with van der Waals surface area (Å²) < 4.78 is 5.07. The summed E-state index contributed by atoms with van der Waals surface area (Å²) in [6, 6.07) is 21.0. The van der Waals surface area contributed by atoms with Gasteiger partial charge >= 0.3 is 21.2 Å². The molecule has 0 amide bonds. The van der Waals surface area contributed by atoms with Crippen LogP contribution >= 0.6 is 11.3 Å². The number of rotatable bonds is 3. The fourth-order valence-corrected chi connectivity index (χ4v) is 6.28. The summed E-state index contributed by atoms with van der Waals surface area (Å²) in [5.41, 5.74) is 3.36. The van der Waals surface area contributed by atoms with Crippen molar-refractivity contribution in [3.63, 3.8) is 0 Å². The van der Waals surface area contributed by atoms with Crippen LogP contribution in [-0.4, -0.2) is 9.38 Å². The lowest BCUT2D eigenvalue weighted by molar-refractivity contribution is -0.597. The molecule has 0 aliphatic carbocycles. The van der Waals surface area contributed by atoms with Crippen LogP contribution in [0.2, 0.25) is 0 Å². The molecule has 0 radical (unpaired) electrons. The second kappa shape index (κ2) is 5.61. The number of nitrogens with zero attached hydrogens (tertiary/aromatic N) is 2. The molecule has 0 unspecified atom stereocenters. The molecule has 0 fully saturated rings. The van der Waals surface area contributed by atoms with Gasteiger partial charge < -0.3 is 0 Å². The summed E-state index contributed by atoms with van der Waals surface area (Å²) in [6.07, 6.45) is 2.12. The molecule has 0 aliphatic heterocycles. The van der Waals surface area contributed by atoms with Gasteiger partial charge in [-0.1, -0.05) is 47.7 Å². The molecule has 102 valence electrons. The van der Waals surface area contributed by atoms with Crippen molar-refractivity contribution in [1.29, 1.82) is 0 Å². The molecule has 2 nitrogen and oxygen atoms in total. The lowest BCUT2D eigenvalue weighted by atomic mass is 10.2. The Morgan fingerprint density at radius 2 is 1.76 bits per heavy atom. The van der Waals surface area contributed by atoms with Crippen molar-refractivity contribution in [3.8, 4) is 11.3 Å². The van der Waals surface area contributed by atoms with Gasteiger partial charge in [0.1, 0.15) is 11.3 Å². The maximum absolute atomic E-state index is 4.86. The number of fused-ring (bicyclic) bond motifs is 1. The fourth-order valence-electron chi connectivity index (χ4n) is 2.24. The van der Waals surface area contributed by atoms with Gasteiger partial charge in [-0.15, -0.1) is 0 Å². The highest BCUT2D eigenvalue weighted by Gasteiger charge is 2.28. The van der Waals surface area contributed by atoms with Crippen LogP contribution in [0.25, 0.3) is 16.9 Å². The van der Waals surface area contributed by atoms with Crippen LogP contribution in [0.1, 0.15) is 0 Å². The van der Waals surface area contributed by atoms with Crippen molar-refractivity contribution >= 4 is 17.0 Å². The van der Waals surface area contributed by atoms with Gasteiger partial charge in [-0.2, -0.15) is 0 Å². The van der Waals surface area contributed by atoms with Crippen molar-refractivity contribution in [1.82, 2.24) is 9.38 Å². The lowest BCUT2D eigenvalue weighted by Gasteiger charge is -1.94. The van der Waals surface area contributed by atoms with Gasteiger partial charge in [-0.05, 0) is 23.6 Å². The number of thiophene rings is 1. The predicted octanol–water partition coefficient (Wildman–Crippen LogP) is 1.19. The van der Waals surface area contributed by atoms with E-state index in [1.54, 1.807) is 0 Å². The number of halogens is 1. The standard InChI is InChI=1S/C17H12IN2S/c1-2-7-13(8-3-1)16-17(18-14-9-6-12-21-14)20-11-5-4-10-15(20)19-16/h1-12H/q+1. The maximum Gasteiger partial charge on any atom is 0.392 e. The monoisotopic (exact) mass is 403 g/mol. The minimum atomic E-state index is -0.227. The van der Waals surface area contributed by atoms with E-state index in [0.717, 1.165) is 11.3 Å². The SMILES string of the molecule is c1ccc(-c2nc3ccccn3c2[I+]c2cccs2)cc1. The molecule has 0 saturated heterocycles. The van der Waals surface area contributed by atoms with E-state index < -0.39 is 0 Å². The maximum atomic E-state index is 4.86. The summed E-state index contributed by atoms with van der Waals surface area (Å²) in [4.78, 5) is 4.86. The molecule has 4 heteroatoms. The van der Waals surface area contributed by atoms with Gasteiger partial charge in [0.05, 0.1) is 0 Å². The van der Waals surface area contributed by atoms with Crippen molar-refractivity contribution in [3.05, 3.63) is 78.8 Å². The molecule has 4 aromatic rings. The molecule has 0 N–H and O–H groups in total. The first-order valence-electron chi connectivity index (χ1n) is 6.63. The summed E-state index contributed by atoms with van der Waals surface area (Å²) in [5, 5.41) is 2.15. The Morgan fingerprint density at radius 3 is 2.57 bits per heavy atom. The first-order valence-corrected chi connectivity index (χ1v) is 9.66. The smallest absolute Gasteiger partial charge is 0.261 e. The van der Waals surface area contributed by atoms with Crippen LogP contribution in [0.3, 0.4) is 0 Å². The van der Waals surface area contributed by atoms with Crippen molar-refractivity contribution in [2.75, 3.05) is 0 Å². The number of imidazole rings is 1. The molecule has 0 aliphatic rings. The average molecular weight is 403 g/mol. The molecular weight excluding hydrogens is 391 g/mol. The van der Waals surface area contributed by atoms with E-state index in [9.17, 15) is 0 Å². The van der Waals surface area contributed by atoms with Gasteiger partial charge in [0.15, 0.2) is 0 Å². The summed E-state index contributed by atoms with van der Waals surface area (Å²) in [6.45, 7) is 0. The molecule has 1 aromatic carbocycles. The van der Waals surface area contributed by atoms with E-state index >= 15 is 0 Å². The van der Waals surface area contributed by atoms with Crippen LogP contribution in [-0.2, 0) is 0 Å². The van der Waals surface area contributed by atoms with Crippen LogP contribution in [0.15, 0.2) is 72.2 Å². The first kappa shape index (κ1) is 13.0. The molecule has 4 rings (SSSR count). The second-order valence-corrected chi connectivity index (χ2v) is 8.96. The Kier molecular flexibility index (Phi) is 3.48. The number of hydrogen-bond donors (Lipinski definition) is 0. The van der Waals surface area contributed by atoms with Gasteiger partial charge in [0, 0.05) is 17.8 Å². The van der Waals surface area contributed by atoms with Crippen molar-refractivity contribution < 1.29 is 21.2 Å². The van der Waals surface area contributed by atoms with Crippen molar-refractivity contribution in [2.24, 2.45) is 0 Å². The Morgan fingerprint density at radius 1 is 0.905 bits per heavy atom. The van der Waals surface area contributed by atoms with E-state index in [2.05, 4.69) is 64.5 Å². The second-order valence-electron chi connectivity index (χ2n) is 4.56. The van der Waals surface area contributed by atoms with E-state index in [-0.39, 0.29) is 21.2 Å². The quantitative estimate of drug-likeness (QED) is 0.470. The predicted molar refractivity (Wildman–Crippen MR) is 82.3 cm³/mol. The topological polar surface area (TPSA) is 17.3 Å². The third-order valence-electron chi connectivity index (χ3n) is 3.19. The van der Waals surface area contributed by atoms with Crippen LogP contribution in [0.5, 0.6) is 0 Å². The molecule has 0 saturated carbocycles. The highest BCUT2D eigenvalue weighted by atomic mass is 127. The van der Waals surface area contributed by atoms with Crippen LogP contribution in [0, 0.1) is 6.58 Å².